The number of halogens is 1. The number of ketones is 1. The lowest BCUT2D eigenvalue weighted by molar-refractivity contribution is 0.0470. The molecule has 0 unspecified atom stereocenters. The molecule has 0 aromatic heterocycles. The minimum absolute atomic E-state index is 0.0926. The smallest absolute Gasteiger partial charge is 0.339 e. The van der Waals surface area contributed by atoms with E-state index in [-0.39, 0.29) is 21.8 Å². The maximum Gasteiger partial charge on any atom is 0.339 e. The maximum absolute atomic E-state index is 13.5. The van der Waals surface area contributed by atoms with Gasteiger partial charge in [0, 0.05) is 7.05 Å². The molecule has 0 saturated carbocycles. The Morgan fingerprint density at radius 3 is 2.28 bits per heavy atom. The van der Waals surface area contributed by atoms with Crippen LogP contribution in [-0.4, -0.2) is 40.9 Å². The summed E-state index contributed by atoms with van der Waals surface area (Å²) in [5, 5.41) is 0. The Balaban J connectivity index is 1.83. The Morgan fingerprint density at radius 1 is 0.938 bits per heavy atom. The number of carbonyl (C=O) groups is 2. The summed E-state index contributed by atoms with van der Waals surface area (Å²) in [4.78, 5) is 24.8. The van der Waals surface area contributed by atoms with Crippen molar-refractivity contribution in [2.45, 2.75) is 4.90 Å². The number of rotatable bonds is 8. The third-order valence-electron chi connectivity index (χ3n) is 4.66. The molecule has 9 heteroatoms. The van der Waals surface area contributed by atoms with Gasteiger partial charge < -0.3 is 9.47 Å². The van der Waals surface area contributed by atoms with Gasteiger partial charge in [-0.25, -0.2) is 17.6 Å². The first kappa shape index (κ1) is 23.0. The van der Waals surface area contributed by atoms with E-state index in [1.54, 1.807) is 30.3 Å². The number of benzene rings is 3. The van der Waals surface area contributed by atoms with E-state index in [0.717, 1.165) is 16.4 Å². The summed E-state index contributed by atoms with van der Waals surface area (Å²) in [7, 11) is -1.41. The molecular weight excluding hydrogens is 437 g/mol. The zero-order chi connectivity index (χ0) is 23.3. The van der Waals surface area contributed by atoms with Gasteiger partial charge in [0.25, 0.3) is 10.0 Å². The summed E-state index contributed by atoms with van der Waals surface area (Å²) in [6.07, 6.45) is 0. The fourth-order valence-electron chi connectivity index (χ4n) is 2.97. The van der Waals surface area contributed by atoms with Gasteiger partial charge in [0.1, 0.15) is 16.5 Å². The number of hydrogen-bond acceptors (Lipinski definition) is 6. The Morgan fingerprint density at radius 2 is 1.59 bits per heavy atom. The van der Waals surface area contributed by atoms with Gasteiger partial charge in [-0.05, 0) is 42.5 Å². The molecule has 0 atom stereocenters. The fourth-order valence-corrected chi connectivity index (χ4v) is 4.34. The molecular formula is C23H20FNO6S. The third-order valence-corrected chi connectivity index (χ3v) is 6.51. The van der Waals surface area contributed by atoms with E-state index >= 15 is 0 Å². The molecule has 166 valence electrons. The van der Waals surface area contributed by atoms with Crippen molar-refractivity contribution >= 4 is 27.5 Å². The summed E-state index contributed by atoms with van der Waals surface area (Å²) < 4.78 is 50.9. The Kier molecular flexibility index (Phi) is 6.89. The van der Waals surface area contributed by atoms with E-state index in [4.69, 9.17) is 9.47 Å². The van der Waals surface area contributed by atoms with E-state index in [2.05, 4.69) is 0 Å². The number of esters is 1. The molecule has 0 saturated heterocycles. The van der Waals surface area contributed by atoms with Crippen molar-refractivity contribution < 1.29 is 31.9 Å². The van der Waals surface area contributed by atoms with Crippen molar-refractivity contribution in [3.8, 4) is 5.75 Å². The highest BCUT2D eigenvalue weighted by molar-refractivity contribution is 7.92. The van der Waals surface area contributed by atoms with E-state index in [1.165, 1.54) is 44.5 Å². The average Bonchev–Trinajstić information content (AvgIpc) is 2.82. The topological polar surface area (TPSA) is 90.0 Å². The average molecular weight is 457 g/mol. The van der Waals surface area contributed by atoms with Crippen molar-refractivity contribution in [1.82, 2.24) is 0 Å². The van der Waals surface area contributed by atoms with Crippen molar-refractivity contribution in [3.05, 3.63) is 89.7 Å². The van der Waals surface area contributed by atoms with Crippen LogP contribution in [0.3, 0.4) is 0 Å². The number of nitrogens with zero attached hydrogens (tertiary/aromatic N) is 1. The van der Waals surface area contributed by atoms with Crippen molar-refractivity contribution in [2.75, 3.05) is 25.1 Å². The minimum Gasteiger partial charge on any atom is -0.496 e. The lowest BCUT2D eigenvalue weighted by Gasteiger charge is -2.20. The lowest BCUT2D eigenvalue weighted by atomic mass is 10.1. The van der Waals surface area contributed by atoms with Gasteiger partial charge in [-0.15, -0.1) is 0 Å². The molecule has 3 aromatic rings. The molecule has 0 aliphatic carbocycles. The number of ether oxygens (including phenoxy) is 2. The van der Waals surface area contributed by atoms with Crippen LogP contribution in [-0.2, 0) is 14.8 Å². The molecule has 0 aliphatic rings. The van der Waals surface area contributed by atoms with Crippen LogP contribution in [0.15, 0.2) is 77.7 Å². The number of anilines is 1. The number of sulfonamides is 1. The predicted molar refractivity (Wildman–Crippen MR) is 116 cm³/mol. The van der Waals surface area contributed by atoms with Crippen LogP contribution in [0, 0.1) is 5.82 Å². The molecule has 0 amide bonds. The molecule has 0 heterocycles. The molecule has 32 heavy (non-hydrogen) atoms. The summed E-state index contributed by atoms with van der Waals surface area (Å²) in [5.41, 5.74) is 0.0864. The van der Waals surface area contributed by atoms with E-state index in [1.807, 2.05) is 0 Å². The van der Waals surface area contributed by atoms with Crippen LogP contribution in [0.4, 0.5) is 10.1 Å². The molecule has 0 aliphatic heterocycles. The van der Waals surface area contributed by atoms with Gasteiger partial charge in [0.15, 0.2) is 6.61 Å². The van der Waals surface area contributed by atoms with Crippen molar-refractivity contribution in [1.29, 1.82) is 0 Å². The van der Waals surface area contributed by atoms with Crippen LogP contribution in [0.25, 0.3) is 0 Å². The maximum atomic E-state index is 13.5. The summed E-state index contributed by atoms with van der Waals surface area (Å²) >= 11 is 0. The molecule has 0 spiro atoms. The van der Waals surface area contributed by atoms with Crippen molar-refractivity contribution in [2.24, 2.45) is 0 Å². The lowest BCUT2D eigenvalue weighted by Crippen LogP contribution is -2.28. The molecule has 3 rings (SSSR count). The van der Waals surface area contributed by atoms with E-state index < -0.39 is 34.2 Å². The molecule has 3 aromatic carbocycles. The highest BCUT2D eigenvalue weighted by Crippen LogP contribution is 2.25. The molecule has 0 radical (unpaired) electrons. The van der Waals surface area contributed by atoms with Crippen molar-refractivity contribution in [3.63, 3.8) is 0 Å². The second-order valence-corrected chi connectivity index (χ2v) is 8.59. The Hall–Kier alpha value is -3.72. The monoisotopic (exact) mass is 457 g/mol. The van der Waals surface area contributed by atoms with Gasteiger partial charge in [-0.2, -0.15) is 0 Å². The van der Waals surface area contributed by atoms with Gasteiger partial charge in [0.05, 0.1) is 23.9 Å². The van der Waals surface area contributed by atoms with E-state index in [9.17, 15) is 22.4 Å². The quantitative estimate of drug-likeness (QED) is 0.379. The number of methoxy groups -OCH3 is 1. The van der Waals surface area contributed by atoms with Gasteiger partial charge in [-0.1, -0.05) is 30.3 Å². The summed E-state index contributed by atoms with van der Waals surface area (Å²) in [6, 6.07) is 17.3. The largest absolute Gasteiger partial charge is 0.496 e. The second-order valence-electron chi connectivity index (χ2n) is 6.65. The molecule has 0 fully saturated rings. The Bertz CT molecular complexity index is 1240. The predicted octanol–water partition coefficient (Wildman–Crippen LogP) is 3.70. The number of para-hydroxylation sites is 1. The molecule has 0 N–H and O–H groups in total. The number of carbonyl (C=O) groups excluding carboxylic acids is 2. The van der Waals surface area contributed by atoms with E-state index in [0.29, 0.717) is 5.69 Å². The van der Waals surface area contributed by atoms with Gasteiger partial charge in [-0.3, -0.25) is 9.10 Å². The standard InChI is InChI=1S/C23H20FNO6S/c1-25(17-8-4-3-5-9-17)32(28,29)22-11-7-6-10-18(22)23(27)31-15-20(26)19-14-16(24)12-13-21(19)30-2/h3-14H,15H2,1-2H3. The number of Topliss-reactive ketones (excluding diaryl/α,β-unsaturated/α-hetero) is 1. The summed E-state index contributed by atoms with van der Waals surface area (Å²) in [6.45, 7) is -0.721. The van der Waals surface area contributed by atoms with Crippen LogP contribution >= 0.6 is 0 Å². The van der Waals surface area contributed by atoms with Gasteiger partial charge >= 0.3 is 5.97 Å². The first-order chi connectivity index (χ1) is 15.3. The SMILES string of the molecule is COc1ccc(F)cc1C(=O)COC(=O)c1ccccc1S(=O)(=O)N(C)c1ccccc1. The van der Waals surface area contributed by atoms with Gasteiger partial charge in [0.2, 0.25) is 5.78 Å². The zero-order valence-electron chi connectivity index (χ0n) is 17.3. The third kappa shape index (κ3) is 4.78. The first-order valence-electron chi connectivity index (χ1n) is 9.42. The van der Waals surface area contributed by atoms with Crippen LogP contribution in [0.2, 0.25) is 0 Å². The fraction of sp³-hybridized carbons (Fsp3) is 0.130. The minimum atomic E-state index is -4.10. The van der Waals surface area contributed by atoms with Crippen LogP contribution < -0.4 is 9.04 Å². The zero-order valence-corrected chi connectivity index (χ0v) is 18.1. The number of hydrogen-bond donors (Lipinski definition) is 0. The highest BCUT2D eigenvalue weighted by Gasteiger charge is 2.28. The van der Waals surface area contributed by atoms with Crippen LogP contribution in [0.5, 0.6) is 5.75 Å². The highest BCUT2D eigenvalue weighted by atomic mass is 32.2. The first-order valence-corrected chi connectivity index (χ1v) is 10.9. The molecule has 7 nitrogen and oxygen atoms in total. The van der Waals surface area contributed by atoms with Crippen LogP contribution in [0.1, 0.15) is 20.7 Å². The molecule has 0 bridgehead atoms. The second kappa shape index (κ2) is 9.61. The summed E-state index contributed by atoms with van der Waals surface area (Å²) in [5.74, 6) is -2.23. The normalized spacial score (nSPS) is 11.0. The Labute approximate surface area is 185 Å².